The van der Waals surface area contributed by atoms with Crippen molar-refractivity contribution in [2.75, 3.05) is 12.4 Å². The number of carbonyl (C=O) groups excluding carboxylic acids is 2. The molecule has 6 nitrogen and oxygen atoms in total. The van der Waals surface area contributed by atoms with E-state index in [9.17, 15) is 14.9 Å². The van der Waals surface area contributed by atoms with E-state index in [4.69, 9.17) is 4.42 Å². The highest BCUT2D eigenvalue weighted by atomic mass is 127. The van der Waals surface area contributed by atoms with Gasteiger partial charge in [0.1, 0.15) is 23.2 Å². The molecule has 2 aromatic carbocycles. The van der Waals surface area contributed by atoms with E-state index in [0.29, 0.717) is 22.8 Å². The second-order valence-electron chi connectivity index (χ2n) is 5.90. The number of nitriles is 1. The lowest BCUT2D eigenvalue weighted by molar-refractivity contribution is -0.112. The number of halogens is 1. The molecule has 1 amide bonds. The van der Waals surface area contributed by atoms with E-state index in [0.717, 1.165) is 9.13 Å². The Kier molecular flexibility index (Phi) is 6.46. The van der Waals surface area contributed by atoms with Gasteiger partial charge in [-0.15, -0.1) is 0 Å². The average Bonchev–Trinajstić information content (AvgIpc) is 3.21. The largest absolute Gasteiger partial charge is 0.465 e. The first-order valence-corrected chi connectivity index (χ1v) is 9.55. The van der Waals surface area contributed by atoms with E-state index >= 15 is 0 Å². The predicted molar refractivity (Wildman–Crippen MR) is 117 cm³/mol. The van der Waals surface area contributed by atoms with Crippen LogP contribution in [0, 0.1) is 14.9 Å². The van der Waals surface area contributed by atoms with Crippen molar-refractivity contribution in [2.45, 2.75) is 0 Å². The third-order valence-corrected chi connectivity index (χ3v) is 4.69. The van der Waals surface area contributed by atoms with E-state index in [1.807, 2.05) is 30.3 Å². The van der Waals surface area contributed by atoms with Gasteiger partial charge in [-0.3, -0.25) is 4.79 Å². The maximum absolute atomic E-state index is 12.4. The smallest absolute Gasteiger partial charge is 0.337 e. The number of benzene rings is 2. The van der Waals surface area contributed by atoms with Gasteiger partial charge in [-0.2, -0.15) is 5.26 Å². The summed E-state index contributed by atoms with van der Waals surface area (Å²) in [5.74, 6) is -0.0113. The number of nitrogens with one attached hydrogen (secondary N) is 1. The summed E-state index contributed by atoms with van der Waals surface area (Å²) in [4.78, 5) is 23.9. The van der Waals surface area contributed by atoms with Crippen molar-refractivity contribution >= 4 is 46.2 Å². The molecule has 0 saturated carbocycles. The number of hydrogen-bond acceptors (Lipinski definition) is 5. The molecular formula is C22H15IN2O4. The van der Waals surface area contributed by atoms with E-state index in [1.165, 1.54) is 25.3 Å². The number of carbonyl (C=O) groups is 2. The number of furan rings is 1. The topological polar surface area (TPSA) is 92.3 Å². The maximum atomic E-state index is 12.4. The number of methoxy groups -OCH3 is 1. The molecule has 0 bridgehead atoms. The normalized spacial score (nSPS) is 10.9. The fourth-order valence-corrected chi connectivity index (χ4v) is 2.86. The van der Waals surface area contributed by atoms with Crippen molar-refractivity contribution in [1.29, 1.82) is 5.26 Å². The van der Waals surface area contributed by atoms with Crippen molar-refractivity contribution in [3.8, 4) is 17.4 Å². The summed E-state index contributed by atoms with van der Waals surface area (Å²) in [6, 6.07) is 19.3. The van der Waals surface area contributed by atoms with Crippen LogP contribution in [0.25, 0.3) is 17.4 Å². The van der Waals surface area contributed by atoms with Gasteiger partial charge < -0.3 is 14.5 Å². The number of hydrogen-bond donors (Lipinski definition) is 1. The highest BCUT2D eigenvalue weighted by Crippen LogP contribution is 2.24. The van der Waals surface area contributed by atoms with Gasteiger partial charge in [-0.25, -0.2) is 4.79 Å². The molecule has 0 atom stereocenters. The first kappa shape index (κ1) is 20.4. The molecule has 0 saturated heterocycles. The van der Waals surface area contributed by atoms with Crippen LogP contribution in [0.1, 0.15) is 16.1 Å². The molecule has 29 heavy (non-hydrogen) atoms. The Balaban J connectivity index is 1.74. The molecule has 144 valence electrons. The molecule has 0 radical (unpaired) electrons. The van der Waals surface area contributed by atoms with Crippen molar-refractivity contribution < 1.29 is 18.7 Å². The predicted octanol–water partition coefficient (Wildman–Crippen LogP) is 4.88. The number of rotatable bonds is 5. The van der Waals surface area contributed by atoms with E-state index < -0.39 is 11.9 Å². The zero-order valence-corrected chi connectivity index (χ0v) is 17.5. The van der Waals surface area contributed by atoms with Gasteiger partial charge in [0.2, 0.25) is 0 Å². The van der Waals surface area contributed by atoms with Crippen molar-refractivity contribution in [3.63, 3.8) is 0 Å². The summed E-state index contributed by atoms with van der Waals surface area (Å²) in [6.45, 7) is 0. The Hall–Kier alpha value is -3.38. The van der Waals surface area contributed by atoms with E-state index in [2.05, 4.69) is 32.6 Å². The molecular weight excluding hydrogens is 483 g/mol. The minimum absolute atomic E-state index is 0.106. The van der Waals surface area contributed by atoms with Gasteiger partial charge >= 0.3 is 5.97 Å². The van der Waals surface area contributed by atoms with Crippen LogP contribution in [0.5, 0.6) is 0 Å². The van der Waals surface area contributed by atoms with Crippen LogP contribution in [0.3, 0.4) is 0 Å². The van der Waals surface area contributed by atoms with Gasteiger partial charge in [-0.05, 0) is 71.1 Å². The van der Waals surface area contributed by atoms with Crippen molar-refractivity contribution in [2.24, 2.45) is 0 Å². The first-order valence-electron chi connectivity index (χ1n) is 8.47. The Morgan fingerprint density at radius 1 is 1.07 bits per heavy atom. The fraction of sp³-hybridized carbons (Fsp3) is 0.0455. The molecule has 3 aromatic rings. The third-order valence-electron chi connectivity index (χ3n) is 3.97. The lowest BCUT2D eigenvalue weighted by Crippen LogP contribution is -2.13. The van der Waals surface area contributed by atoms with E-state index in [-0.39, 0.29) is 5.57 Å². The third kappa shape index (κ3) is 5.12. The average molecular weight is 498 g/mol. The molecule has 0 aliphatic rings. The number of esters is 1. The minimum Gasteiger partial charge on any atom is -0.465 e. The second-order valence-corrected chi connectivity index (χ2v) is 7.15. The maximum Gasteiger partial charge on any atom is 0.337 e. The van der Waals surface area contributed by atoms with Crippen LogP contribution >= 0.6 is 22.6 Å². The van der Waals surface area contributed by atoms with Crippen LogP contribution < -0.4 is 5.32 Å². The van der Waals surface area contributed by atoms with Crippen molar-refractivity contribution in [3.05, 3.63) is 81.1 Å². The number of ether oxygens (including phenoxy) is 1. The van der Waals surface area contributed by atoms with Gasteiger partial charge in [0.05, 0.1) is 12.7 Å². The SMILES string of the molecule is COC(=O)c1ccc(NC(=O)/C(C#N)=C/c2ccc(-c3ccc(I)cc3)o2)cc1. The van der Waals surface area contributed by atoms with Crippen LogP contribution in [0.15, 0.2) is 70.7 Å². The fourth-order valence-electron chi connectivity index (χ4n) is 2.50. The molecule has 1 heterocycles. The molecule has 0 spiro atoms. The summed E-state index contributed by atoms with van der Waals surface area (Å²) in [5.41, 5.74) is 1.60. The summed E-state index contributed by atoms with van der Waals surface area (Å²) in [5, 5.41) is 12.0. The molecule has 3 rings (SSSR count). The van der Waals surface area contributed by atoms with Gasteiger partial charge in [0.15, 0.2) is 0 Å². The molecule has 1 N–H and O–H groups in total. The Labute approximate surface area is 180 Å². The van der Waals surface area contributed by atoms with Crippen LogP contribution in [-0.4, -0.2) is 19.0 Å². The van der Waals surface area contributed by atoms with Crippen LogP contribution in [-0.2, 0) is 9.53 Å². The molecule has 0 unspecified atom stereocenters. The quantitative estimate of drug-likeness (QED) is 0.234. The second kappa shape index (κ2) is 9.21. The molecule has 7 heteroatoms. The molecule has 0 aliphatic heterocycles. The standard InChI is InChI=1S/C22H15IN2O4/c1-28-22(27)15-4-8-18(9-5-15)25-21(26)16(13-24)12-19-10-11-20(29-19)14-2-6-17(23)7-3-14/h2-12H,1H3,(H,25,26)/b16-12+. The summed E-state index contributed by atoms with van der Waals surface area (Å²) in [6.07, 6.45) is 1.38. The summed E-state index contributed by atoms with van der Waals surface area (Å²) >= 11 is 2.22. The molecule has 1 aromatic heterocycles. The Bertz CT molecular complexity index is 1110. The van der Waals surface area contributed by atoms with Crippen molar-refractivity contribution in [1.82, 2.24) is 0 Å². The number of amides is 1. The zero-order chi connectivity index (χ0) is 20.8. The summed E-state index contributed by atoms with van der Waals surface area (Å²) < 4.78 is 11.5. The highest BCUT2D eigenvalue weighted by molar-refractivity contribution is 14.1. The zero-order valence-electron chi connectivity index (χ0n) is 15.3. The van der Waals surface area contributed by atoms with Gasteiger partial charge in [0, 0.05) is 20.9 Å². The lowest BCUT2D eigenvalue weighted by atomic mass is 10.2. The monoisotopic (exact) mass is 498 g/mol. The Morgan fingerprint density at radius 3 is 2.38 bits per heavy atom. The van der Waals surface area contributed by atoms with Gasteiger partial charge in [-0.1, -0.05) is 12.1 Å². The lowest BCUT2D eigenvalue weighted by Gasteiger charge is -2.05. The molecule has 0 fully saturated rings. The number of anilines is 1. The van der Waals surface area contributed by atoms with Gasteiger partial charge in [0.25, 0.3) is 5.91 Å². The van der Waals surface area contributed by atoms with E-state index in [1.54, 1.807) is 24.3 Å². The highest BCUT2D eigenvalue weighted by Gasteiger charge is 2.12. The minimum atomic E-state index is -0.578. The summed E-state index contributed by atoms with van der Waals surface area (Å²) in [7, 11) is 1.29. The van der Waals surface area contributed by atoms with Crippen LogP contribution in [0.4, 0.5) is 5.69 Å². The van der Waals surface area contributed by atoms with Crippen LogP contribution in [0.2, 0.25) is 0 Å². The first-order chi connectivity index (χ1) is 14.0. The molecule has 0 aliphatic carbocycles. The number of nitrogens with zero attached hydrogens (tertiary/aromatic N) is 1. The Morgan fingerprint density at radius 2 is 1.76 bits per heavy atom.